The van der Waals surface area contributed by atoms with Crippen LogP contribution in [0, 0.1) is 17.7 Å². The summed E-state index contributed by atoms with van der Waals surface area (Å²) in [7, 11) is 2.08. The minimum Gasteiger partial charge on any atom is -0.381 e. The van der Waals surface area contributed by atoms with E-state index in [2.05, 4.69) is 22.6 Å². The minimum absolute atomic E-state index is 0.0697. The third-order valence-corrected chi connectivity index (χ3v) is 8.01. The van der Waals surface area contributed by atoms with Crippen molar-refractivity contribution in [3.63, 3.8) is 0 Å². The number of aromatic nitrogens is 1. The van der Waals surface area contributed by atoms with Gasteiger partial charge < -0.3 is 20.1 Å². The molecule has 10 heteroatoms. The van der Waals surface area contributed by atoms with E-state index in [4.69, 9.17) is 0 Å². The summed E-state index contributed by atoms with van der Waals surface area (Å²) in [5.41, 5.74) is -1.61. The number of fused-ring (bicyclic) bond motifs is 2. The molecule has 2 aliphatic carbocycles. The highest BCUT2D eigenvalue weighted by atomic mass is 19.3. The predicted octanol–water partition coefficient (Wildman–Crippen LogP) is 4.07. The molecule has 3 fully saturated rings. The number of nitrogens with zero attached hydrogens (tertiary/aromatic N) is 2. The van der Waals surface area contributed by atoms with Gasteiger partial charge in [0.15, 0.2) is 0 Å². The predicted molar refractivity (Wildman–Crippen MR) is 128 cm³/mol. The van der Waals surface area contributed by atoms with Gasteiger partial charge >= 0.3 is 0 Å². The number of carbonyl (C=O) groups excluding carboxylic acids is 1. The van der Waals surface area contributed by atoms with E-state index in [1.54, 1.807) is 0 Å². The molecule has 2 bridgehead atoms. The van der Waals surface area contributed by atoms with Crippen LogP contribution in [0.2, 0.25) is 0 Å². The Hall–Kier alpha value is -2.88. The first-order chi connectivity index (χ1) is 17.2. The second-order valence-electron chi connectivity index (χ2n) is 10.5. The Morgan fingerprint density at radius 3 is 2.50 bits per heavy atom. The molecule has 0 spiro atoms. The number of piperidine rings is 1. The number of likely N-dealkylation sites (tertiary alicyclic amines) is 1. The van der Waals surface area contributed by atoms with E-state index >= 15 is 0 Å². The van der Waals surface area contributed by atoms with E-state index in [0.29, 0.717) is 30.4 Å². The summed E-state index contributed by atoms with van der Waals surface area (Å²) < 4.78 is 55.7. The standard InChI is InChI=1S/C26H30F4N4O2/c1-33-11-16-5-6-17(12-33)23(16)32-20-9-21(35)34(26(14-27)7-8-26)13-19(20)25(36)31-10-15-3-2-4-18(22(15)28)24(29)30/h2-4,9,13,16-17,23-24,32H,5-8,10-12,14H2,1H3,(H,31,36)/t16-,17?,23?/m1/s1. The van der Waals surface area contributed by atoms with E-state index in [-0.39, 0.29) is 29.3 Å². The molecule has 3 aliphatic rings. The molecule has 36 heavy (non-hydrogen) atoms. The molecule has 1 amide bonds. The van der Waals surface area contributed by atoms with Gasteiger partial charge in [-0.25, -0.2) is 17.6 Å². The Balaban J connectivity index is 1.44. The van der Waals surface area contributed by atoms with Crippen LogP contribution in [0.3, 0.4) is 0 Å². The molecular weight excluding hydrogens is 476 g/mol. The molecule has 1 saturated heterocycles. The first kappa shape index (κ1) is 24.8. The van der Waals surface area contributed by atoms with Crippen molar-refractivity contribution in [2.24, 2.45) is 11.8 Å². The van der Waals surface area contributed by atoms with Crippen LogP contribution in [-0.2, 0) is 12.1 Å². The summed E-state index contributed by atoms with van der Waals surface area (Å²) in [5.74, 6) is -0.908. The lowest BCUT2D eigenvalue weighted by molar-refractivity contribution is 0.0949. The van der Waals surface area contributed by atoms with E-state index in [9.17, 15) is 27.2 Å². The maximum absolute atomic E-state index is 14.5. The quantitative estimate of drug-likeness (QED) is 0.530. The van der Waals surface area contributed by atoms with Gasteiger partial charge in [-0.2, -0.15) is 0 Å². The fourth-order valence-electron chi connectivity index (χ4n) is 5.84. The molecular formula is C26H30F4N4O2. The van der Waals surface area contributed by atoms with Crippen molar-refractivity contribution in [3.8, 4) is 0 Å². The second-order valence-corrected chi connectivity index (χ2v) is 10.5. The van der Waals surface area contributed by atoms with Gasteiger partial charge in [0.2, 0.25) is 0 Å². The highest BCUT2D eigenvalue weighted by Crippen LogP contribution is 2.43. The first-order valence-corrected chi connectivity index (χ1v) is 12.3. The highest BCUT2D eigenvalue weighted by Gasteiger charge is 2.46. The summed E-state index contributed by atoms with van der Waals surface area (Å²) in [6.07, 6.45) is 1.52. The summed E-state index contributed by atoms with van der Waals surface area (Å²) in [6, 6.07) is 5.10. The van der Waals surface area contributed by atoms with Crippen molar-refractivity contribution in [2.45, 2.75) is 50.2 Å². The summed E-state index contributed by atoms with van der Waals surface area (Å²) in [6.45, 7) is 0.804. The lowest BCUT2D eigenvalue weighted by Crippen LogP contribution is -2.47. The number of halogens is 4. The largest absolute Gasteiger partial charge is 0.381 e. The zero-order chi connectivity index (χ0) is 25.6. The van der Waals surface area contributed by atoms with Crippen LogP contribution in [0.4, 0.5) is 23.2 Å². The SMILES string of the molecule is CN1CC2CC[C@H](C1)C2Nc1cc(=O)n(C2(CF)CC2)cc1C(=O)NCc1cccc(C(F)F)c1F. The van der Waals surface area contributed by atoms with Gasteiger partial charge in [-0.1, -0.05) is 18.2 Å². The molecule has 2 heterocycles. The van der Waals surface area contributed by atoms with Crippen molar-refractivity contribution < 1.29 is 22.4 Å². The number of nitrogens with one attached hydrogen (secondary N) is 2. The van der Waals surface area contributed by atoms with Crippen molar-refractivity contribution in [1.29, 1.82) is 0 Å². The maximum atomic E-state index is 14.5. The van der Waals surface area contributed by atoms with Crippen LogP contribution in [0.1, 0.15) is 53.6 Å². The number of amides is 1. The third kappa shape index (κ3) is 4.51. The number of hydrogen-bond donors (Lipinski definition) is 2. The monoisotopic (exact) mass is 506 g/mol. The zero-order valence-corrected chi connectivity index (χ0v) is 20.1. The van der Waals surface area contributed by atoms with E-state index in [0.717, 1.165) is 32.0 Å². The fourth-order valence-corrected chi connectivity index (χ4v) is 5.84. The zero-order valence-electron chi connectivity index (χ0n) is 20.1. The van der Waals surface area contributed by atoms with Gasteiger partial charge in [-0.3, -0.25) is 9.59 Å². The first-order valence-electron chi connectivity index (χ1n) is 12.3. The maximum Gasteiger partial charge on any atom is 0.266 e. The molecule has 5 rings (SSSR count). The van der Waals surface area contributed by atoms with Gasteiger partial charge in [-0.15, -0.1) is 0 Å². The molecule has 194 valence electrons. The molecule has 2 saturated carbocycles. The molecule has 0 radical (unpaired) electrons. The molecule has 1 aromatic carbocycles. The number of pyridine rings is 1. The van der Waals surface area contributed by atoms with Crippen LogP contribution < -0.4 is 16.2 Å². The molecule has 6 nitrogen and oxygen atoms in total. The Labute approximate surface area is 206 Å². The van der Waals surface area contributed by atoms with Gasteiger partial charge in [0.25, 0.3) is 17.9 Å². The number of alkyl halides is 3. The van der Waals surface area contributed by atoms with Crippen molar-refractivity contribution >= 4 is 11.6 Å². The smallest absolute Gasteiger partial charge is 0.266 e. The Bertz CT molecular complexity index is 1200. The fraction of sp³-hybridized carbons (Fsp3) is 0.538. The topological polar surface area (TPSA) is 66.4 Å². The van der Waals surface area contributed by atoms with Crippen molar-refractivity contribution in [3.05, 3.63) is 63.3 Å². The van der Waals surface area contributed by atoms with Gasteiger partial charge in [-0.05, 0) is 44.6 Å². The van der Waals surface area contributed by atoms with Gasteiger partial charge in [0, 0.05) is 43.5 Å². The molecule has 2 unspecified atom stereocenters. The lowest BCUT2D eigenvalue weighted by Gasteiger charge is -2.37. The molecule has 1 aliphatic heterocycles. The van der Waals surface area contributed by atoms with Crippen LogP contribution in [0.5, 0.6) is 0 Å². The minimum atomic E-state index is -2.97. The van der Waals surface area contributed by atoms with Crippen molar-refractivity contribution in [2.75, 3.05) is 32.1 Å². The van der Waals surface area contributed by atoms with E-state index in [1.165, 1.54) is 29.0 Å². The van der Waals surface area contributed by atoms with Crippen molar-refractivity contribution in [1.82, 2.24) is 14.8 Å². The number of carbonyl (C=O) groups is 1. The normalized spacial score (nSPS) is 24.7. The molecule has 3 atom stereocenters. The van der Waals surface area contributed by atoms with Crippen LogP contribution in [0.25, 0.3) is 0 Å². The Morgan fingerprint density at radius 1 is 1.19 bits per heavy atom. The number of rotatable bonds is 8. The number of hydrogen-bond acceptors (Lipinski definition) is 4. The number of benzene rings is 1. The summed E-state index contributed by atoms with van der Waals surface area (Å²) >= 11 is 0. The Kier molecular flexibility index (Phi) is 6.57. The average molecular weight is 507 g/mol. The second kappa shape index (κ2) is 9.53. The van der Waals surface area contributed by atoms with Crippen LogP contribution in [0.15, 0.2) is 35.3 Å². The average Bonchev–Trinajstić information content (AvgIpc) is 3.60. The lowest BCUT2D eigenvalue weighted by atomic mass is 9.92. The Morgan fingerprint density at radius 2 is 1.89 bits per heavy atom. The van der Waals surface area contributed by atoms with Gasteiger partial charge in [0.1, 0.15) is 12.5 Å². The molecule has 2 N–H and O–H groups in total. The van der Waals surface area contributed by atoms with E-state index < -0.39 is 35.9 Å². The number of anilines is 1. The summed E-state index contributed by atoms with van der Waals surface area (Å²) in [4.78, 5) is 28.5. The van der Waals surface area contributed by atoms with Crippen LogP contribution in [-0.4, -0.2) is 48.2 Å². The third-order valence-electron chi connectivity index (χ3n) is 8.01. The molecule has 2 aromatic rings. The van der Waals surface area contributed by atoms with E-state index in [1.807, 2.05) is 0 Å². The highest BCUT2D eigenvalue weighted by molar-refractivity contribution is 5.99. The van der Waals surface area contributed by atoms with Crippen LogP contribution >= 0.6 is 0 Å². The molecule has 1 aromatic heterocycles. The summed E-state index contributed by atoms with van der Waals surface area (Å²) in [5, 5.41) is 6.04. The van der Waals surface area contributed by atoms with Gasteiger partial charge in [0.05, 0.1) is 22.4 Å².